The van der Waals surface area contributed by atoms with E-state index in [0.717, 1.165) is 11.3 Å². The van der Waals surface area contributed by atoms with E-state index >= 15 is 0 Å². The highest BCUT2D eigenvalue weighted by atomic mass is 35.5. The van der Waals surface area contributed by atoms with Gasteiger partial charge in [0.2, 0.25) is 0 Å². The molecule has 0 fully saturated rings. The maximum Gasteiger partial charge on any atom is 0.183 e. The minimum atomic E-state index is 0.326. The van der Waals surface area contributed by atoms with Crippen LogP contribution in [0.25, 0.3) is 0 Å². The number of nitriles is 1. The fourth-order valence-electron chi connectivity index (χ4n) is 1.76. The van der Waals surface area contributed by atoms with Gasteiger partial charge in [0.1, 0.15) is 11.5 Å². The van der Waals surface area contributed by atoms with Crippen LogP contribution < -0.4 is 10.1 Å². The van der Waals surface area contributed by atoms with Gasteiger partial charge < -0.3 is 4.74 Å². The molecule has 22 heavy (non-hydrogen) atoms. The van der Waals surface area contributed by atoms with Crippen LogP contribution in [-0.4, -0.2) is 11.4 Å². The Morgan fingerprint density at radius 3 is 2.73 bits per heavy atom. The van der Waals surface area contributed by atoms with Gasteiger partial charge in [-0.25, -0.2) is 0 Å². The average Bonchev–Trinajstić information content (AvgIpc) is 2.54. The van der Waals surface area contributed by atoms with Crippen molar-refractivity contribution in [1.29, 1.82) is 5.26 Å². The molecule has 0 atom stereocenters. The second-order valence-corrected chi connectivity index (χ2v) is 5.40. The Morgan fingerprint density at radius 1 is 1.27 bits per heavy atom. The molecule has 0 bridgehead atoms. The summed E-state index contributed by atoms with van der Waals surface area (Å²) in [6.45, 7) is 0.326. The predicted molar refractivity (Wildman–Crippen MR) is 91.4 cm³/mol. The lowest BCUT2D eigenvalue weighted by molar-refractivity contribution is 0.476. The number of hydrogen-bond donors (Lipinski definition) is 1. The monoisotopic (exact) mass is 331 g/mol. The van der Waals surface area contributed by atoms with E-state index in [1.807, 2.05) is 54.9 Å². The highest BCUT2D eigenvalue weighted by molar-refractivity contribution is 8.13. The molecule has 0 aliphatic heterocycles. The van der Waals surface area contributed by atoms with Gasteiger partial charge in [-0.1, -0.05) is 47.6 Å². The van der Waals surface area contributed by atoms with Crippen molar-refractivity contribution < 1.29 is 4.74 Å². The number of nitrogens with one attached hydrogen (secondary N) is 1. The lowest BCUT2D eigenvalue weighted by Gasteiger charge is -2.11. The second-order valence-electron chi connectivity index (χ2n) is 4.19. The highest BCUT2D eigenvalue weighted by Gasteiger charge is 2.09. The molecule has 0 spiro atoms. The minimum Gasteiger partial charge on any atom is -0.457 e. The molecular formula is C16H14ClN3OS. The van der Waals surface area contributed by atoms with E-state index in [0.29, 0.717) is 22.5 Å². The van der Waals surface area contributed by atoms with Gasteiger partial charge in [0, 0.05) is 10.6 Å². The fraction of sp³-hybridized carbons (Fsp3) is 0.125. The first-order valence-electron chi connectivity index (χ1n) is 6.48. The van der Waals surface area contributed by atoms with Crippen molar-refractivity contribution in [2.24, 2.45) is 4.99 Å². The second kappa shape index (κ2) is 8.32. The van der Waals surface area contributed by atoms with Crippen molar-refractivity contribution in [3.8, 4) is 17.7 Å². The van der Waals surface area contributed by atoms with Crippen molar-refractivity contribution in [3.05, 3.63) is 59.1 Å². The van der Waals surface area contributed by atoms with Crippen LogP contribution in [0.5, 0.6) is 11.5 Å². The number of amidine groups is 1. The van der Waals surface area contributed by atoms with Crippen LogP contribution in [0, 0.1) is 11.5 Å². The van der Waals surface area contributed by atoms with Crippen molar-refractivity contribution in [2.75, 3.05) is 6.26 Å². The summed E-state index contributed by atoms with van der Waals surface area (Å²) < 4.78 is 5.87. The largest absolute Gasteiger partial charge is 0.457 e. The van der Waals surface area contributed by atoms with Crippen molar-refractivity contribution >= 4 is 28.5 Å². The number of nitrogens with zero attached hydrogens (tertiary/aromatic N) is 2. The van der Waals surface area contributed by atoms with E-state index in [2.05, 4.69) is 10.3 Å². The highest BCUT2D eigenvalue weighted by Crippen LogP contribution is 2.31. The summed E-state index contributed by atoms with van der Waals surface area (Å²) in [5.41, 5.74) is 0.777. The number of benzene rings is 2. The molecule has 0 heterocycles. The number of aliphatic imine (C=N–C) groups is 1. The number of rotatable bonds is 4. The maximum absolute atomic E-state index is 8.66. The van der Waals surface area contributed by atoms with Crippen molar-refractivity contribution in [1.82, 2.24) is 5.32 Å². The normalized spacial score (nSPS) is 10.9. The molecule has 0 aliphatic carbocycles. The third-order valence-corrected chi connectivity index (χ3v) is 3.76. The third-order valence-electron chi connectivity index (χ3n) is 2.78. The lowest BCUT2D eigenvalue weighted by atomic mass is 10.2. The molecule has 6 heteroatoms. The van der Waals surface area contributed by atoms with Gasteiger partial charge in [-0.05, 0) is 30.5 Å². The zero-order valence-electron chi connectivity index (χ0n) is 11.9. The minimum absolute atomic E-state index is 0.326. The molecule has 0 radical (unpaired) electrons. The zero-order chi connectivity index (χ0) is 15.8. The zero-order valence-corrected chi connectivity index (χ0v) is 13.5. The molecule has 2 rings (SSSR count). The summed E-state index contributed by atoms with van der Waals surface area (Å²) in [5, 5.41) is 12.3. The van der Waals surface area contributed by atoms with Crippen LogP contribution in [0.3, 0.4) is 0 Å². The molecule has 0 unspecified atom stereocenters. The van der Waals surface area contributed by atoms with Crippen LogP contribution in [0.15, 0.2) is 53.5 Å². The van der Waals surface area contributed by atoms with Gasteiger partial charge >= 0.3 is 0 Å². The Morgan fingerprint density at radius 2 is 2.05 bits per heavy atom. The molecular weight excluding hydrogens is 318 g/mol. The first kappa shape index (κ1) is 16.2. The molecule has 2 aromatic rings. The maximum atomic E-state index is 8.66. The molecule has 4 nitrogen and oxygen atoms in total. The summed E-state index contributed by atoms with van der Waals surface area (Å²) in [6.07, 6.45) is 3.70. The van der Waals surface area contributed by atoms with Gasteiger partial charge in [0.15, 0.2) is 11.4 Å². The van der Waals surface area contributed by atoms with Gasteiger partial charge in [0.05, 0.1) is 6.54 Å². The Balaban J connectivity index is 2.25. The Hall–Kier alpha value is -2.16. The number of hydrogen-bond acceptors (Lipinski definition) is 4. The van der Waals surface area contributed by atoms with E-state index in [1.165, 1.54) is 11.8 Å². The lowest BCUT2D eigenvalue weighted by Crippen LogP contribution is -2.13. The standard InChI is InChI=1S/C16H14ClN3OS/c1-22-16(20-11-18)19-10-13-14(17)8-5-9-15(13)21-12-6-3-2-4-7-12/h2-9H,10H2,1H3,(H,19,20). The smallest absolute Gasteiger partial charge is 0.183 e. The quantitative estimate of drug-likeness (QED) is 0.390. The first-order valence-corrected chi connectivity index (χ1v) is 8.08. The van der Waals surface area contributed by atoms with Crippen LogP contribution in [0.1, 0.15) is 5.56 Å². The molecule has 0 aromatic heterocycles. The van der Waals surface area contributed by atoms with E-state index in [1.54, 1.807) is 6.07 Å². The Kier molecular flexibility index (Phi) is 6.13. The van der Waals surface area contributed by atoms with Crippen LogP contribution >= 0.6 is 23.4 Å². The summed E-state index contributed by atoms with van der Waals surface area (Å²) in [7, 11) is 0. The van der Waals surface area contributed by atoms with E-state index < -0.39 is 0 Å². The van der Waals surface area contributed by atoms with Gasteiger partial charge in [-0.2, -0.15) is 5.26 Å². The molecule has 0 saturated carbocycles. The predicted octanol–water partition coefficient (Wildman–Crippen LogP) is 4.42. The molecule has 0 saturated heterocycles. The van der Waals surface area contributed by atoms with Gasteiger partial charge in [-0.3, -0.25) is 10.3 Å². The van der Waals surface area contributed by atoms with E-state index in [4.69, 9.17) is 21.6 Å². The van der Waals surface area contributed by atoms with Crippen LogP contribution in [0.2, 0.25) is 5.02 Å². The fourth-order valence-corrected chi connectivity index (χ4v) is 2.32. The molecule has 0 amide bonds. The van der Waals surface area contributed by atoms with E-state index in [-0.39, 0.29) is 0 Å². The SMILES string of the molecule is CSC(=NCc1c(Cl)cccc1Oc1ccccc1)NC#N. The number of para-hydroxylation sites is 1. The Labute approximate surface area is 138 Å². The third kappa shape index (κ3) is 4.42. The van der Waals surface area contributed by atoms with Crippen LogP contribution in [0.4, 0.5) is 0 Å². The van der Waals surface area contributed by atoms with Gasteiger partial charge in [-0.15, -0.1) is 0 Å². The van der Waals surface area contributed by atoms with Crippen molar-refractivity contribution in [2.45, 2.75) is 6.54 Å². The van der Waals surface area contributed by atoms with Crippen LogP contribution in [-0.2, 0) is 6.54 Å². The number of ether oxygens (including phenoxy) is 1. The molecule has 0 aliphatic rings. The summed E-state index contributed by atoms with van der Waals surface area (Å²) in [5.74, 6) is 1.38. The molecule has 112 valence electrons. The topological polar surface area (TPSA) is 57.4 Å². The van der Waals surface area contributed by atoms with Crippen molar-refractivity contribution in [3.63, 3.8) is 0 Å². The Bertz CT molecular complexity index is 698. The van der Waals surface area contributed by atoms with Gasteiger partial charge in [0.25, 0.3) is 0 Å². The van der Waals surface area contributed by atoms with E-state index in [9.17, 15) is 0 Å². The summed E-state index contributed by atoms with van der Waals surface area (Å²) >= 11 is 7.62. The number of thioether (sulfide) groups is 1. The first-order chi connectivity index (χ1) is 10.7. The molecule has 2 aromatic carbocycles. The summed E-state index contributed by atoms with van der Waals surface area (Å²) in [4.78, 5) is 4.35. The average molecular weight is 332 g/mol. The summed E-state index contributed by atoms with van der Waals surface area (Å²) in [6, 6.07) is 14.9. The molecule has 1 N–H and O–H groups in total. The number of halogens is 1.